The van der Waals surface area contributed by atoms with Gasteiger partial charge in [-0.05, 0) is 31.7 Å². The van der Waals surface area contributed by atoms with Gasteiger partial charge in [0.05, 0.1) is 0 Å². The zero-order chi connectivity index (χ0) is 15.1. The minimum Gasteiger partial charge on any atom is -0.342 e. The number of amides is 1. The molecule has 3 nitrogen and oxygen atoms in total. The summed E-state index contributed by atoms with van der Waals surface area (Å²) in [4.78, 5) is 15.0. The highest BCUT2D eigenvalue weighted by atomic mass is 16.2. The Hall–Kier alpha value is -0.570. The third-order valence-electron chi connectivity index (χ3n) is 5.49. The number of hydrogen-bond acceptors (Lipinski definition) is 2. The summed E-state index contributed by atoms with van der Waals surface area (Å²) in [6.45, 7) is 7.42. The Morgan fingerprint density at radius 1 is 1.05 bits per heavy atom. The molecule has 0 aromatic carbocycles. The highest BCUT2D eigenvalue weighted by Gasteiger charge is 2.32. The van der Waals surface area contributed by atoms with Crippen molar-refractivity contribution in [2.45, 2.75) is 77.7 Å². The topological polar surface area (TPSA) is 32.3 Å². The van der Waals surface area contributed by atoms with Crippen molar-refractivity contribution in [1.82, 2.24) is 10.2 Å². The fraction of sp³-hybridized carbons (Fsp3) is 0.944. The van der Waals surface area contributed by atoms with Gasteiger partial charge in [-0.15, -0.1) is 0 Å². The maximum Gasteiger partial charge on any atom is 0.225 e. The first-order valence-electron chi connectivity index (χ1n) is 9.28. The van der Waals surface area contributed by atoms with E-state index in [1.807, 2.05) is 0 Å². The van der Waals surface area contributed by atoms with Gasteiger partial charge in [0.2, 0.25) is 5.91 Å². The van der Waals surface area contributed by atoms with E-state index in [4.69, 9.17) is 0 Å². The van der Waals surface area contributed by atoms with E-state index in [0.29, 0.717) is 23.8 Å². The molecule has 1 aliphatic heterocycles. The average Bonchev–Trinajstić information content (AvgIpc) is 2.47. The van der Waals surface area contributed by atoms with Gasteiger partial charge in [-0.25, -0.2) is 0 Å². The Morgan fingerprint density at radius 2 is 1.71 bits per heavy atom. The van der Waals surface area contributed by atoms with Crippen molar-refractivity contribution in [2.24, 2.45) is 11.8 Å². The van der Waals surface area contributed by atoms with Gasteiger partial charge < -0.3 is 10.2 Å². The normalized spacial score (nSPS) is 29.0. The molecule has 0 aromatic rings. The first-order valence-corrected chi connectivity index (χ1v) is 9.28. The van der Waals surface area contributed by atoms with E-state index < -0.39 is 0 Å². The molecule has 122 valence electrons. The van der Waals surface area contributed by atoms with Crippen molar-refractivity contribution in [2.75, 3.05) is 19.6 Å². The summed E-state index contributed by atoms with van der Waals surface area (Å²) in [5.74, 6) is 1.42. The summed E-state index contributed by atoms with van der Waals surface area (Å²) in [5, 5.41) is 3.60. The largest absolute Gasteiger partial charge is 0.342 e. The zero-order valence-corrected chi connectivity index (χ0v) is 14.1. The lowest BCUT2D eigenvalue weighted by Crippen LogP contribution is -2.52. The van der Waals surface area contributed by atoms with E-state index >= 15 is 0 Å². The molecule has 1 heterocycles. The molecule has 0 spiro atoms. The van der Waals surface area contributed by atoms with Crippen LogP contribution in [-0.2, 0) is 4.79 Å². The molecule has 0 aromatic heterocycles. The van der Waals surface area contributed by atoms with Crippen LogP contribution in [0.5, 0.6) is 0 Å². The van der Waals surface area contributed by atoms with E-state index in [2.05, 4.69) is 24.1 Å². The van der Waals surface area contributed by atoms with E-state index in [1.165, 1.54) is 38.5 Å². The summed E-state index contributed by atoms with van der Waals surface area (Å²) in [6, 6.07) is 0.612. The van der Waals surface area contributed by atoms with Gasteiger partial charge >= 0.3 is 0 Å². The van der Waals surface area contributed by atoms with Gasteiger partial charge in [0, 0.05) is 25.0 Å². The minimum atomic E-state index is 0.318. The number of rotatable bonds is 4. The first kappa shape index (κ1) is 16.8. The standard InChI is InChI=1S/C18H34N2O/c1-3-15-14-20(13-12-17(15)19-4-2)18(21)16-10-8-6-5-7-9-11-16/h15-17,19H,3-14H2,1-2H3. The van der Waals surface area contributed by atoms with Crippen LogP contribution in [0, 0.1) is 11.8 Å². The van der Waals surface area contributed by atoms with Gasteiger partial charge in [0.1, 0.15) is 0 Å². The molecular weight excluding hydrogens is 260 g/mol. The molecule has 1 amide bonds. The van der Waals surface area contributed by atoms with Crippen molar-refractivity contribution < 1.29 is 4.79 Å². The number of piperidine rings is 1. The molecule has 1 saturated carbocycles. The summed E-state index contributed by atoms with van der Waals surface area (Å²) < 4.78 is 0. The second kappa shape index (κ2) is 8.77. The van der Waals surface area contributed by atoms with Crippen molar-refractivity contribution >= 4 is 5.91 Å². The molecule has 0 radical (unpaired) electrons. The van der Waals surface area contributed by atoms with Crippen LogP contribution in [0.15, 0.2) is 0 Å². The predicted octanol–water partition coefficient (Wildman–Crippen LogP) is 3.58. The number of carbonyl (C=O) groups excluding carboxylic acids is 1. The lowest BCUT2D eigenvalue weighted by atomic mass is 9.86. The van der Waals surface area contributed by atoms with Crippen LogP contribution in [0.3, 0.4) is 0 Å². The Kier molecular flexibility index (Phi) is 7.01. The van der Waals surface area contributed by atoms with Crippen LogP contribution in [-0.4, -0.2) is 36.5 Å². The van der Waals surface area contributed by atoms with E-state index in [-0.39, 0.29) is 0 Å². The van der Waals surface area contributed by atoms with Gasteiger partial charge in [0.15, 0.2) is 0 Å². The van der Waals surface area contributed by atoms with Gasteiger partial charge in [-0.1, -0.05) is 52.4 Å². The molecule has 2 aliphatic rings. The molecule has 2 atom stereocenters. The Labute approximate surface area is 130 Å². The second-order valence-corrected chi connectivity index (χ2v) is 6.95. The van der Waals surface area contributed by atoms with Crippen molar-refractivity contribution in [3.05, 3.63) is 0 Å². The third kappa shape index (κ3) is 4.70. The van der Waals surface area contributed by atoms with E-state index in [9.17, 15) is 4.79 Å². The highest BCUT2D eigenvalue weighted by molar-refractivity contribution is 5.79. The number of likely N-dealkylation sites (tertiary alicyclic amines) is 1. The van der Waals surface area contributed by atoms with Crippen molar-refractivity contribution in [1.29, 1.82) is 0 Å². The van der Waals surface area contributed by atoms with Crippen LogP contribution in [0.1, 0.15) is 71.6 Å². The molecule has 1 N–H and O–H groups in total. The van der Waals surface area contributed by atoms with Crippen LogP contribution in [0.2, 0.25) is 0 Å². The molecule has 0 bridgehead atoms. The monoisotopic (exact) mass is 294 g/mol. The SMILES string of the molecule is CCNC1CCN(C(=O)C2CCCCCCC2)CC1CC. The number of hydrogen-bond donors (Lipinski definition) is 1. The average molecular weight is 294 g/mol. The van der Waals surface area contributed by atoms with E-state index in [1.54, 1.807) is 0 Å². The van der Waals surface area contributed by atoms with Crippen LogP contribution >= 0.6 is 0 Å². The molecule has 21 heavy (non-hydrogen) atoms. The third-order valence-corrected chi connectivity index (χ3v) is 5.49. The number of carbonyl (C=O) groups is 1. The van der Waals surface area contributed by atoms with E-state index in [0.717, 1.165) is 38.9 Å². The van der Waals surface area contributed by atoms with Crippen LogP contribution in [0.25, 0.3) is 0 Å². The maximum absolute atomic E-state index is 12.8. The second-order valence-electron chi connectivity index (χ2n) is 6.95. The van der Waals surface area contributed by atoms with Gasteiger partial charge in [-0.2, -0.15) is 0 Å². The quantitative estimate of drug-likeness (QED) is 0.859. The first-order chi connectivity index (χ1) is 10.3. The lowest BCUT2D eigenvalue weighted by molar-refractivity contribution is -0.138. The molecule has 3 heteroatoms. The number of nitrogens with zero attached hydrogens (tertiary/aromatic N) is 1. The molecule has 2 fully saturated rings. The van der Waals surface area contributed by atoms with Crippen LogP contribution < -0.4 is 5.32 Å². The summed E-state index contributed by atoms with van der Waals surface area (Å²) in [5.41, 5.74) is 0. The van der Waals surface area contributed by atoms with Gasteiger partial charge in [-0.3, -0.25) is 4.79 Å². The summed E-state index contributed by atoms with van der Waals surface area (Å²) in [6.07, 6.45) is 11.1. The lowest BCUT2D eigenvalue weighted by Gasteiger charge is -2.40. The molecule has 1 aliphatic carbocycles. The Bertz CT molecular complexity index is 310. The minimum absolute atomic E-state index is 0.318. The molecule has 2 rings (SSSR count). The fourth-order valence-electron chi connectivity index (χ4n) is 4.14. The molecule has 1 saturated heterocycles. The summed E-state index contributed by atoms with van der Waals surface area (Å²) in [7, 11) is 0. The van der Waals surface area contributed by atoms with Gasteiger partial charge in [0.25, 0.3) is 0 Å². The fourth-order valence-corrected chi connectivity index (χ4v) is 4.14. The Balaban J connectivity index is 1.89. The highest BCUT2D eigenvalue weighted by Crippen LogP contribution is 2.27. The maximum atomic E-state index is 12.8. The zero-order valence-electron chi connectivity index (χ0n) is 14.1. The molecular formula is C18H34N2O. The predicted molar refractivity (Wildman–Crippen MR) is 88.3 cm³/mol. The Morgan fingerprint density at radius 3 is 2.33 bits per heavy atom. The number of nitrogens with one attached hydrogen (secondary N) is 1. The summed E-state index contributed by atoms with van der Waals surface area (Å²) >= 11 is 0. The van der Waals surface area contributed by atoms with Crippen LogP contribution in [0.4, 0.5) is 0 Å². The smallest absolute Gasteiger partial charge is 0.225 e. The van der Waals surface area contributed by atoms with Crippen molar-refractivity contribution in [3.8, 4) is 0 Å². The van der Waals surface area contributed by atoms with Crippen molar-refractivity contribution in [3.63, 3.8) is 0 Å². The molecule has 2 unspecified atom stereocenters.